The number of nitrogens with zero attached hydrogens (tertiary/aromatic N) is 2. The first-order valence-electron chi connectivity index (χ1n) is 6.50. The van der Waals surface area contributed by atoms with Crippen molar-refractivity contribution in [2.24, 2.45) is 0 Å². The van der Waals surface area contributed by atoms with Crippen LogP contribution in [0.4, 0.5) is 11.5 Å². The second-order valence-corrected chi connectivity index (χ2v) is 4.43. The summed E-state index contributed by atoms with van der Waals surface area (Å²) in [7, 11) is 3.25. The van der Waals surface area contributed by atoms with E-state index in [0.717, 1.165) is 28.2 Å². The molecular formula is C16H16ClN3O2. The zero-order valence-electron chi connectivity index (χ0n) is 12.2. The van der Waals surface area contributed by atoms with Gasteiger partial charge in [-0.15, -0.1) is 12.4 Å². The van der Waals surface area contributed by atoms with Gasteiger partial charge in [0.05, 0.1) is 25.4 Å². The van der Waals surface area contributed by atoms with Gasteiger partial charge in [0, 0.05) is 11.5 Å². The average molecular weight is 318 g/mol. The lowest BCUT2D eigenvalue weighted by Crippen LogP contribution is -1.98. The molecule has 0 aliphatic carbocycles. The minimum absolute atomic E-state index is 0. The molecule has 0 bridgehead atoms. The van der Waals surface area contributed by atoms with E-state index in [1.807, 2.05) is 42.5 Å². The molecule has 0 saturated carbocycles. The summed E-state index contributed by atoms with van der Waals surface area (Å²) in [5.74, 6) is 2.17. The fraction of sp³-hybridized carbons (Fsp3) is 0.125. The van der Waals surface area contributed by atoms with Crippen LogP contribution in [0.25, 0.3) is 10.9 Å². The third kappa shape index (κ3) is 3.04. The van der Waals surface area contributed by atoms with Gasteiger partial charge in [-0.1, -0.05) is 12.1 Å². The number of fused-ring (bicyclic) bond motifs is 1. The van der Waals surface area contributed by atoms with E-state index >= 15 is 0 Å². The van der Waals surface area contributed by atoms with Crippen molar-refractivity contribution >= 4 is 34.8 Å². The molecule has 3 aromatic rings. The van der Waals surface area contributed by atoms with Crippen LogP contribution in [0.3, 0.4) is 0 Å². The van der Waals surface area contributed by atoms with Gasteiger partial charge in [-0.3, -0.25) is 0 Å². The Hall–Kier alpha value is -2.53. The van der Waals surface area contributed by atoms with Gasteiger partial charge in [0.25, 0.3) is 0 Å². The van der Waals surface area contributed by atoms with E-state index < -0.39 is 0 Å². The Morgan fingerprint density at radius 1 is 0.955 bits per heavy atom. The average Bonchev–Trinajstić information content (AvgIpc) is 2.55. The lowest BCUT2D eigenvalue weighted by Gasteiger charge is -2.13. The zero-order valence-corrected chi connectivity index (χ0v) is 13.1. The van der Waals surface area contributed by atoms with E-state index in [1.165, 1.54) is 0 Å². The monoisotopic (exact) mass is 317 g/mol. The van der Waals surface area contributed by atoms with Crippen LogP contribution in [-0.4, -0.2) is 24.2 Å². The predicted octanol–water partition coefficient (Wildman–Crippen LogP) is 3.81. The first-order chi connectivity index (χ1) is 10.3. The number of benzene rings is 2. The number of para-hydroxylation sites is 1. The van der Waals surface area contributed by atoms with Crippen molar-refractivity contribution in [1.29, 1.82) is 0 Å². The second kappa shape index (κ2) is 6.95. The molecule has 2 aromatic carbocycles. The highest BCUT2D eigenvalue weighted by Gasteiger charge is 2.08. The standard InChI is InChI=1S/C16H15N3O2.ClH/c1-20-11-7-8-14(15(9-11)21-2)19-16-12-5-3-4-6-13(12)17-10-18-16;/h3-10H,1-2H3,(H,17,18,19);1H. The van der Waals surface area contributed by atoms with E-state index in [1.54, 1.807) is 20.5 Å². The molecule has 0 atom stereocenters. The largest absolute Gasteiger partial charge is 0.497 e. The second-order valence-electron chi connectivity index (χ2n) is 4.43. The summed E-state index contributed by atoms with van der Waals surface area (Å²) >= 11 is 0. The first-order valence-corrected chi connectivity index (χ1v) is 6.50. The number of hydrogen-bond acceptors (Lipinski definition) is 5. The summed E-state index contributed by atoms with van der Waals surface area (Å²) in [5.41, 5.74) is 1.71. The van der Waals surface area contributed by atoms with Gasteiger partial charge in [0.1, 0.15) is 23.6 Å². The fourth-order valence-corrected chi connectivity index (χ4v) is 2.13. The van der Waals surface area contributed by atoms with Crippen molar-refractivity contribution in [3.8, 4) is 11.5 Å². The Bertz CT molecular complexity index is 775. The van der Waals surface area contributed by atoms with Gasteiger partial charge in [0.15, 0.2) is 0 Å². The number of aromatic nitrogens is 2. The maximum Gasteiger partial charge on any atom is 0.146 e. The van der Waals surface area contributed by atoms with E-state index in [-0.39, 0.29) is 12.4 Å². The molecular weight excluding hydrogens is 302 g/mol. The highest BCUT2D eigenvalue weighted by molar-refractivity contribution is 5.91. The van der Waals surface area contributed by atoms with E-state index in [4.69, 9.17) is 9.47 Å². The van der Waals surface area contributed by atoms with E-state index in [2.05, 4.69) is 15.3 Å². The number of nitrogens with one attached hydrogen (secondary N) is 1. The van der Waals surface area contributed by atoms with Crippen LogP contribution >= 0.6 is 12.4 Å². The summed E-state index contributed by atoms with van der Waals surface area (Å²) in [6, 6.07) is 13.4. The Labute approximate surface area is 134 Å². The van der Waals surface area contributed by atoms with Gasteiger partial charge in [0.2, 0.25) is 0 Å². The summed E-state index contributed by atoms with van der Waals surface area (Å²) in [6.45, 7) is 0. The molecule has 1 N–H and O–H groups in total. The highest BCUT2D eigenvalue weighted by atomic mass is 35.5. The molecule has 0 spiro atoms. The van der Waals surface area contributed by atoms with Gasteiger partial charge >= 0.3 is 0 Å². The van der Waals surface area contributed by atoms with Crippen LogP contribution in [0.2, 0.25) is 0 Å². The molecule has 0 aliphatic heterocycles. The Balaban J connectivity index is 0.00000176. The van der Waals surface area contributed by atoms with Gasteiger partial charge in [-0.05, 0) is 24.3 Å². The van der Waals surface area contributed by atoms with Crippen molar-refractivity contribution in [1.82, 2.24) is 9.97 Å². The van der Waals surface area contributed by atoms with Crippen LogP contribution < -0.4 is 14.8 Å². The quantitative estimate of drug-likeness (QED) is 0.793. The molecule has 6 heteroatoms. The number of anilines is 2. The molecule has 0 unspecified atom stereocenters. The van der Waals surface area contributed by atoms with Crippen LogP contribution in [-0.2, 0) is 0 Å². The van der Waals surface area contributed by atoms with Gasteiger partial charge in [-0.2, -0.15) is 0 Å². The lowest BCUT2D eigenvalue weighted by molar-refractivity contribution is 0.395. The SMILES string of the molecule is COc1ccc(Nc2ncnc3ccccc23)c(OC)c1.Cl. The maximum absolute atomic E-state index is 5.39. The van der Waals surface area contributed by atoms with Crippen molar-refractivity contribution < 1.29 is 9.47 Å². The number of ether oxygens (including phenoxy) is 2. The maximum atomic E-state index is 5.39. The van der Waals surface area contributed by atoms with Gasteiger partial charge < -0.3 is 14.8 Å². The molecule has 0 saturated heterocycles. The first kappa shape index (κ1) is 15.9. The summed E-state index contributed by atoms with van der Waals surface area (Å²) < 4.78 is 10.6. The molecule has 1 aromatic heterocycles. The summed E-state index contributed by atoms with van der Waals surface area (Å²) in [6.07, 6.45) is 1.54. The minimum Gasteiger partial charge on any atom is -0.497 e. The molecule has 0 radical (unpaired) electrons. The molecule has 0 amide bonds. The Morgan fingerprint density at radius 3 is 2.55 bits per heavy atom. The van der Waals surface area contributed by atoms with Crippen molar-refractivity contribution in [2.75, 3.05) is 19.5 Å². The summed E-state index contributed by atoms with van der Waals surface area (Å²) in [5, 5.41) is 4.24. The number of rotatable bonds is 4. The molecule has 0 aliphatic rings. The van der Waals surface area contributed by atoms with Crippen LogP contribution in [0.15, 0.2) is 48.8 Å². The molecule has 3 rings (SSSR count). The van der Waals surface area contributed by atoms with Crippen molar-refractivity contribution in [3.63, 3.8) is 0 Å². The smallest absolute Gasteiger partial charge is 0.146 e. The topological polar surface area (TPSA) is 56.3 Å². The zero-order chi connectivity index (χ0) is 14.7. The fourth-order valence-electron chi connectivity index (χ4n) is 2.13. The predicted molar refractivity (Wildman–Crippen MR) is 89.6 cm³/mol. The number of methoxy groups -OCH3 is 2. The van der Waals surface area contributed by atoms with Crippen molar-refractivity contribution in [2.45, 2.75) is 0 Å². The third-order valence-electron chi connectivity index (χ3n) is 3.20. The van der Waals surface area contributed by atoms with Crippen LogP contribution in [0, 0.1) is 0 Å². The van der Waals surface area contributed by atoms with E-state index in [0.29, 0.717) is 5.75 Å². The number of hydrogen-bond donors (Lipinski definition) is 1. The van der Waals surface area contributed by atoms with E-state index in [9.17, 15) is 0 Å². The molecule has 0 fully saturated rings. The minimum atomic E-state index is 0. The third-order valence-corrected chi connectivity index (χ3v) is 3.20. The normalized spacial score (nSPS) is 9.91. The molecule has 22 heavy (non-hydrogen) atoms. The lowest BCUT2D eigenvalue weighted by atomic mass is 10.2. The Morgan fingerprint density at radius 2 is 1.77 bits per heavy atom. The molecule has 5 nitrogen and oxygen atoms in total. The Kier molecular flexibility index (Phi) is 5.01. The van der Waals surface area contributed by atoms with Crippen LogP contribution in [0.1, 0.15) is 0 Å². The van der Waals surface area contributed by atoms with Gasteiger partial charge in [-0.25, -0.2) is 9.97 Å². The molecule has 114 valence electrons. The molecule has 1 heterocycles. The highest BCUT2D eigenvalue weighted by Crippen LogP contribution is 2.32. The van der Waals surface area contributed by atoms with Crippen LogP contribution in [0.5, 0.6) is 11.5 Å². The van der Waals surface area contributed by atoms with Crippen molar-refractivity contribution in [3.05, 3.63) is 48.8 Å². The summed E-state index contributed by atoms with van der Waals surface area (Å²) in [4.78, 5) is 8.56. The number of halogens is 1.